The van der Waals surface area contributed by atoms with E-state index >= 15 is 0 Å². The highest BCUT2D eigenvalue weighted by atomic mass is 35.5. The Morgan fingerprint density at radius 3 is 2.72 bits per heavy atom. The van der Waals surface area contributed by atoms with E-state index < -0.39 is 0 Å². The number of halogens is 2. The first-order valence-electron chi connectivity index (χ1n) is 8.50. The zero-order chi connectivity index (χ0) is 18.4. The molecule has 0 N–H and O–H groups in total. The largest absolute Gasteiger partial charge is 0.449 e. The van der Waals surface area contributed by atoms with Gasteiger partial charge in [0.1, 0.15) is 0 Å². The smallest absolute Gasteiger partial charge is 0.410 e. The maximum Gasteiger partial charge on any atom is 0.410 e. The highest BCUT2D eigenvalue weighted by Crippen LogP contribution is 2.31. The molecule has 25 heavy (non-hydrogen) atoms. The van der Waals surface area contributed by atoms with Gasteiger partial charge < -0.3 is 14.4 Å². The van der Waals surface area contributed by atoms with Crippen molar-refractivity contribution in [3.63, 3.8) is 0 Å². The first-order chi connectivity index (χ1) is 11.9. The van der Waals surface area contributed by atoms with Crippen LogP contribution < -0.4 is 0 Å². The van der Waals surface area contributed by atoms with Gasteiger partial charge in [-0.2, -0.15) is 0 Å². The van der Waals surface area contributed by atoms with Crippen LogP contribution in [-0.2, 0) is 9.47 Å². The number of carbonyl (C=O) groups excluding carboxylic acids is 1. The van der Waals surface area contributed by atoms with Crippen molar-refractivity contribution in [2.45, 2.75) is 32.7 Å². The van der Waals surface area contributed by atoms with E-state index in [2.05, 4.69) is 6.08 Å². The lowest BCUT2D eigenvalue weighted by molar-refractivity contribution is 0.0759. The number of hydrogen-bond acceptors (Lipinski definition) is 3. The summed E-state index contributed by atoms with van der Waals surface area (Å²) in [5.41, 5.74) is 2.19. The summed E-state index contributed by atoms with van der Waals surface area (Å²) in [6.07, 6.45) is 3.31. The molecule has 1 atom stereocenters. The SMILES string of the molecule is COCCC1C=C(c2ccc(Cl)c(Cl)c2)CCN1C(=O)OCC(C)C. The molecule has 0 bridgehead atoms. The van der Waals surface area contributed by atoms with Crippen LogP contribution in [0.4, 0.5) is 4.79 Å². The van der Waals surface area contributed by atoms with Crippen LogP contribution in [0.3, 0.4) is 0 Å². The van der Waals surface area contributed by atoms with Crippen molar-refractivity contribution < 1.29 is 14.3 Å². The molecule has 1 aliphatic heterocycles. The van der Waals surface area contributed by atoms with Crippen molar-refractivity contribution >= 4 is 34.9 Å². The third-order valence-corrected chi connectivity index (χ3v) is 4.84. The molecule has 1 aromatic rings. The summed E-state index contributed by atoms with van der Waals surface area (Å²) in [5.74, 6) is 0.313. The summed E-state index contributed by atoms with van der Waals surface area (Å²) in [4.78, 5) is 14.2. The molecule has 4 nitrogen and oxygen atoms in total. The van der Waals surface area contributed by atoms with Crippen molar-refractivity contribution in [2.75, 3.05) is 26.9 Å². The van der Waals surface area contributed by atoms with Crippen molar-refractivity contribution in [3.05, 3.63) is 39.9 Å². The molecule has 138 valence electrons. The Bertz CT molecular complexity index is 631. The molecule has 2 rings (SSSR count). The Labute approximate surface area is 159 Å². The normalized spacial score (nSPS) is 17.6. The Kier molecular flexibility index (Phi) is 7.60. The van der Waals surface area contributed by atoms with E-state index in [9.17, 15) is 4.79 Å². The van der Waals surface area contributed by atoms with Gasteiger partial charge in [-0.1, -0.05) is 49.2 Å². The molecule has 1 aromatic carbocycles. The van der Waals surface area contributed by atoms with Crippen molar-refractivity contribution in [1.82, 2.24) is 4.90 Å². The lowest BCUT2D eigenvalue weighted by atomic mass is 9.95. The van der Waals surface area contributed by atoms with Gasteiger partial charge in [0, 0.05) is 20.3 Å². The number of amides is 1. The number of methoxy groups -OCH3 is 1. The van der Waals surface area contributed by atoms with E-state index in [4.69, 9.17) is 32.7 Å². The van der Waals surface area contributed by atoms with Gasteiger partial charge in [0.2, 0.25) is 0 Å². The molecule has 0 spiro atoms. The second kappa shape index (κ2) is 9.46. The maximum absolute atomic E-state index is 12.4. The second-order valence-electron chi connectivity index (χ2n) is 6.58. The minimum Gasteiger partial charge on any atom is -0.449 e. The Morgan fingerprint density at radius 1 is 1.32 bits per heavy atom. The van der Waals surface area contributed by atoms with E-state index in [1.165, 1.54) is 0 Å². The third kappa shape index (κ3) is 5.63. The summed E-state index contributed by atoms with van der Waals surface area (Å²) >= 11 is 12.1. The van der Waals surface area contributed by atoms with Gasteiger partial charge in [0.25, 0.3) is 0 Å². The average molecular weight is 386 g/mol. The van der Waals surface area contributed by atoms with Gasteiger partial charge in [-0.25, -0.2) is 4.79 Å². The minimum atomic E-state index is -0.265. The fourth-order valence-corrected chi connectivity index (χ4v) is 3.07. The van der Waals surface area contributed by atoms with Gasteiger partial charge in [-0.05, 0) is 42.0 Å². The van der Waals surface area contributed by atoms with Crippen LogP contribution in [0, 0.1) is 5.92 Å². The molecule has 1 aliphatic rings. The molecule has 0 saturated heterocycles. The number of benzene rings is 1. The van der Waals surface area contributed by atoms with E-state index in [1.807, 2.05) is 26.0 Å². The minimum absolute atomic E-state index is 0.0576. The number of carbonyl (C=O) groups is 1. The Hall–Kier alpha value is -1.23. The molecule has 1 amide bonds. The van der Waals surface area contributed by atoms with Crippen LogP contribution in [0.25, 0.3) is 5.57 Å². The van der Waals surface area contributed by atoms with Crippen molar-refractivity contribution in [2.24, 2.45) is 5.92 Å². The molecule has 1 heterocycles. The monoisotopic (exact) mass is 385 g/mol. The van der Waals surface area contributed by atoms with Gasteiger partial charge in [0.05, 0.1) is 22.7 Å². The van der Waals surface area contributed by atoms with Crippen molar-refractivity contribution in [1.29, 1.82) is 0 Å². The number of ether oxygens (including phenoxy) is 2. The molecule has 0 fully saturated rings. The lowest BCUT2D eigenvalue weighted by Crippen LogP contribution is -2.43. The van der Waals surface area contributed by atoms with Crippen LogP contribution in [0.1, 0.15) is 32.3 Å². The van der Waals surface area contributed by atoms with Crippen LogP contribution in [-0.4, -0.2) is 43.9 Å². The predicted octanol–water partition coefficient (Wildman–Crippen LogP) is 5.28. The summed E-state index contributed by atoms with van der Waals surface area (Å²) in [5, 5.41) is 1.07. The zero-order valence-corrected chi connectivity index (χ0v) is 16.4. The quantitative estimate of drug-likeness (QED) is 0.668. The topological polar surface area (TPSA) is 38.8 Å². The van der Waals surface area contributed by atoms with Crippen LogP contribution >= 0.6 is 23.2 Å². The molecule has 0 aromatic heterocycles. The van der Waals surface area contributed by atoms with E-state index in [0.29, 0.717) is 35.7 Å². The summed E-state index contributed by atoms with van der Waals surface area (Å²) in [6, 6.07) is 5.57. The molecule has 0 aliphatic carbocycles. The summed E-state index contributed by atoms with van der Waals surface area (Å²) in [6.45, 7) is 5.65. The fourth-order valence-electron chi connectivity index (χ4n) is 2.77. The average Bonchev–Trinajstić information content (AvgIpc) is 2.60. The van der Waals surface area contributed by atoms with Gasteiger partial charge in [-0.15, -0.1) is 0 Å². The summed E-state index contributed by atoms with van der Waals surface area (Å²) in [7, 11) is 1.66. The third-order valence-electron chi connectivity index (χ3n) is 4.10. The number of hydrogen-bond donors (Lipinski definition) is 0. The molecule has 1 unspecified atom stereocenters. The number of rotatable bonds is 6. The highest BCUT2D eigenvalue weighted by molar-refractivity contribution is 6.42. The first kappa shape index (κ1) is 20.1. The van der Waals surface area contributed by atoms with Gasteiger partial charge in [-0.3, -0.25) is 0 Å². The highest BCUT2D eigenvalue weighted by Gasteiger charge is 2.28. The van der Waals surface area contributed by atoms with E-state index in [-0.39, 0.29) is 12.1 Å². The summed E-state index contributed by atoms with van der Waals surface area (Å²) < 4.78 is 10.6. The Balaban J connectivity index is 2.18. The fraction of sp³-hybridized carbons (Fsp3) is 0.526. The standard InChI is InChI=1S/C19H25Cl2NO3/c1-13(2)12-25-19(23)22-8-6-15(10-16(22)7-9-24-3)14-4-5-17(20)18(21)11-14/h4-5,10-11,13,16H,6-9,12H2,1-3H3. The first-order valence-corrected chi connectivity index (χ1v) is 9.26. The lowest BCUT2D eigenvalue weighted by Gasteiger charge is -2.34. The number of nitrogens with zero attached hydrogens (tertiary/aromatic N) is 1. The molecule has 6 heteroatoms. The van der Waals surface area contributed by atoms with E-state index in [1.54, 1.807) is 18.1 Å². The van der Waals surface area contributed by atoms with Gasteiger partial charge in [0.15, 0.2) is 0 Å². The van der Waals surface area contributed by atoms with Crippen LogP contribution in [0.5, 0.6) is 0 Å². The van der Waals surface area contributed by atoms with E-state index in [0.717, 1.165) is 24.0 Å². The maximum atomic E-state index is 12.4. The predicted molar refractivity (Wildman–Crippen MR) is 102 cm³/mol. The molecular formula is C19H25Cl2NO3. The van der Waals surface area contributed by atoms with Gasteiger partial charge >= 0.3 is 6.09 Å². The van der Waals surface area contributed by atoms with Crippen LogP contribution in [0.15, 0.2) is 24.3 Å². The Morgan fingerprint density at radius 2 is 2.08 bits per heavy atom. The molecule has 0 saturated carbocycles. The molecule has 0 radical (unpaired) electrons. The molecular weight excluding hydrogens is 361 g/mol. The van der Waals surface area contributed by atoms with Crippen molar-refractivity contribution in [3.8, 4) is 0 Å². The zero-order valence-electron chi connectivity index (χ0n) is 14.9. The van der Waals surface area contributed by atoms with Crippen LogP contribution in [0.2, 0.25) is 10.0 Å². The second-order valence-corrected chi connectivity index (χ2v) is 7.40.